The van der Waals surface area contributed by atoms with Crippen LogP contribution in [0, 0.1) is 0 Å². The van der Waals surface area contributed by atoms with Gasteiger partial charge in [0.1, 0.15) is 0 Å². The van der Waals surface area contributed by atoms with Crippen molar-refractivity contribution in [3.05, 3.63) is 18.2 Å². The molecular weight excluding hydrogens is 230 g/mol. The van der Waals surface area contributed by atoms with Gasteiger partial charge >= 0.3 is 0 Å². The Kier molecular flexibility index (Phi) is 3.51. The molecule has 4 N–H and O–H groups in total. The second-order valence-corrected chi connectivity index (χ2v) is 5.02. The maximum atomic E-state index is 11.4. The third kappa shape index (κ3) is 2.71. The van der Waals surface area contributed by atoms with Crippen LogP contribution in [-0.4, -0.2) is 21.4 Å². The van der Waals surface area contributed by atoms with Gasteiger partial charge in [0.15, 0.2) is 0 Å². The van der Waals surface area contributed by atoms with E-state index in [1.165, 1.54) is 32.2 Å². The van der Waals surface area contributed by atoms with Gasteiger partial charge in [-0.15, -0.1) is 0 Å². The molecule has 0 aliphatic rings. The van der Waals surface area contributed by atoms with E-state index in [0.29, 0.717) is 5.69 Å². The smallest absolute Gasteiger partial charge is 0.240 e. The Morgan fingerprint density at radius 3 is 2.44 bits per heavy atom. The van der Waals surface area contributed by atoms with Crippen molar-refractivity contribution >= 4 is 27.3 Å². The number of sulfonamides is 1. The standard InChI is InChI=1S/C9H13N3O3S/c1-6(13)12-9-4-3-7(5-8(9)10)16(14,15)11-2/h3-5,11H,10H2,1-2H3,(H,12,13). The Hall–Kier alpha value is -1.60. The number of amides is 1. The summed E-state index contributed by atoms with van der Waals surface area (Å²) in [6.45, 7) is 1.34. The minimum atomic E-state index is -3.51. The van der Waals surface area contributed by atoms with E-state index in [1.54, 1.807) is 0 Å². The van der Waals surface area contributed by atoms with Crippen molar-refractivity contribution in [3.63, 3.8) is 0 Å². The van der Waals surface area contributed by atoms with Crippen LogP contribution in [-0.2, 0) is 14.8 Å². The summed E-state index contributed by atoms with van der Waals surface area (Å²) in [6, 6.07) is 4.10. The van der Waals surface area contributed by atoms with E-state index in [2.05, 4.69) is 10.0 Å². The minimum Gasteiger partial charge on any atom is -0.397 e. The summed E-state index contributed by atoms with van der Waals surface area (Å²) in [4.78, 5) is 10.9. The van der Waals surface area contributed by atoms with E-state index < -0.39 is 10.0 Å². The third-order valence-corrected chi connectivity index (χ3v) is 3.32. The zero-order valence-corrected chi connectivity index (χ0v) is 9.76. The molecule has 7 heteroatoms. The van der Waals surface area contributed by atoms with Crippen molar-refractivity contribution in [2.24, 2.45) is 0 Å². The van der Waals surface area contributed by atoms with Crippen LogP contribution in [0.3, 0.4) is 0 Å². The Morgan fingerprint density at radius 1 is 1.38 bits per heavy atom. The lowest BCUT2D eigenvalue weighted by Gasteiger charge is -2.08. The molecule has 1 rings (SSSR count). The molecule has 0 unspecified atom stereocenters. The number of anilines is 2. The van der Waals surface area contributed by atoms with Crippen LogP contribution in [0.15, 0.2) is 23.1 Å². The van der Waals surface area contributed by atoms with Gasteiger partial charge in [-0.1, -0.05) is 0 Å². The van der Waals surface area contributed by atoms with Crippen LogP contribution < -0.4 is 15.8 Å². The Morgan fingerprint density at radius 2 is 2.00 bits per heavy atom. The second kappa shape index (κ2) is 4.50. The topological polar surface area (TPSA) is 101 Å². The van der Waals surface area contributed by atoms with Gasteiger partial charge in [-0.2, -0.15) is 0 Å². The zero-order valence-electron chi connectivity index (χ0n) is 8.94. The van der Waals surface area contributed by atoms with Gasteiger partial charge in [0.2, 0.25) is 15.9 Å². The predicted octanol–water partition coefficient (Wildman–Crippen LogP) is 0.135. The second-order valence-electron chi connectivity index (χ2n) is 3.14. The van der Waals surface area contributed by atoms with Gasteiger partial charge in [-0.05, 0) is 25.2 Å². The number of nitrogens with one attached hydrogen (secondary N) is 2. The normalized spacial score (nSPS) is 11.1. The Balaban J connectivity index is 3.14. The molecule has 6 nitrogen and oxygen atoms in total. The maximum Gasteiger partial charge on any atom is 0.240 e. The van der Waals surface area contributed by atoms with Crippen molar-refractivity contribution in [1.82, 2.24) is 4.72 Å². The summed E-state index contributed by atoms with van der Waals surface area (Å²) >= 11 is 0. The monoisotopic (exact) mass is 243 g/mol. The zero-order chi connectivity index (χ0) is 12.3. The molecule has 0 aliphatic carbocycles. The van der Waals surface area contributed by atoms with Crippen molar-refractivity contribution < 1.29 is 13.2 Å². The molecule has 1 amide bonds. The fourth-order valence-corrected chi connectivity index (χ4v) is 1.89. The van der Waals surface area contributed by atoms with Gasteiger partial charge in [-0.25, -0.2) is 13.1 Å². The lowest BCUT2D eigenvalue weighted by molar-refractivity contribution is -0.114. The number of carbonyl (C=O) groups excluding carboxylic acids is 1. The molecule has 1 aromatic rings. The molecule has 1 aromatic carbocycles. The fourth-order valence-electron chi connectivity index (χ4n) is 1.13. The number of nitrogens with two attached hydrogens (primary N) is 1. The average molecular weight is 243 g/mol. The van der Waals surface area contributed by atoms with E-state index in [4.69, 9.17) is 5.73 Å². The van der Waals surface area contributed by atoms with Crippen molar-refractivity contribution in [1.29, 1.82) is 0 Å². The first kappa shape index (κ1) is 12.5. The summed E-state index contributed by atoms with van der Waals surface area (Å²) in [7, 11) is -2.20. The van der Waals surface area contributed by atoms with Crippen LogP contribution in [0.4, 0.5) is 11.4 Å². The van der Waals surface area contributed by atoms with E-state index >= 15 is 0 Å². The number of carbonyl (C=O) groups is 1. The largest absolute Gasteiger partial charge is 0.397 e. The molecule has 0 saturated heterocycles. The molecule has 0 radical (unpaired) electrons. The summed E-state index contributed by atoms with van der Waals surface area (Å²) in [5, 5.41) is 2.49. The highest BCUT2D eigenvalue weighted by molar-refractivity contribution is 7.89. The fraction of sp³-hybridized carbons (Fsp3) is 0.222. The van der Waals surface area contributed by atoms with E-state index in [9.17, 15) is 13.2 Å². The first-order chi connectivity index (χ1) is 7.36. The highest BCUT2D eigenvalue weighted by atomic mass is 32.2. The van der Waals surface area contributed by atoms with Crippen molar-refractivity contribution in [2.75, 3.05) is 18.1 Å². The summed E-state index contributed by atoms with van der Waals surface area (Å²) < 4.78 is 25.0. The SMILES string of the molecule is CNS(=O)(=O)c1ccc(NC(C)=O)c(N)c1. The van der Waals surface area contributed by atoms with Crippen molar-refractivity contribution in [2.45, 2.75) is 11.8 Å². The summed E-state index contributed by atoms with van der Waals surface area (Å²) in [5.41, 5.74) is 6.21. The van der Waals surface area contributed by atoms with Crippen LogP contribution >= 0.6 is 0 Å². The number of rotatable bonds is 3. The van der Waals surface area contributed by atoms with Gasteiger partial charge in [0.05, 0.1) is 16.3 Å². The first-order valence-corrected chi connectivity index (χ1v) is 5.96. The van der Waals surface area contributed by atoms with Crippen LogP contribution in [0.1, 0.15) is 6.92 Å². The molecule has 88 valence electrons. The van der Waals surface area contributed by atoms with Crippen molar-refractivity contribution in [3.8, 4) is 0 Å². The van der Waals surface area contributed by atoms with E-state index in [1.807, 2.05) is 0 Å². The van der Waals surface area contributed by atoms with Gasteiger partial charge in [0.25, 0.3) is 0 Å². The molecule has 0 aromatic heterocycles. The number of hydrogen-bond acceptors (Lipinski definition) is 4. The molecule has 0 bridgehead atoms. The lowest BCUT2D eigenvalue weighted by atomic mass is 10.2. The van der Waals surface area contributed by atoms with Gasteiger partial charge < -0.3 is 11.1 Å². The van der Waals surface area contributed by atoms with Gasteiger partial charge in [0, 0.05) is 6.92 Å². The third-order valence-electron chi connectivity index (χ3n) is 1.91. The van der Waals surface area contributed by atoms with E-state index in [0.717, 1.165) is 0 Å². The Labute approximate surface area is 93.9 Å². The number of hydrogen-bond donors (Lipinski definition) is 3. The minimum absolute atomic E-state index is 0.0570. The molecule has 0 fully saturated rings. The van der Waals surface area contributed by atoms with Crippen LogP contribution in [0.25, 0.3) is 0 Å². The lowest BCUT2D eigenvalue weighted by Crippen LogP contribution is -2.19. The number of nitrogen functional groups attached to an aromatic ring is 1. The molecule has 0 saturated carbocycles. The van der Waals surface area contributed by atoms with Crippen LogP contribution in [0.2, 0.25) is 0 Å². The maximum absolute atomic E-state index is 11.4. The summed E-state index contributed by atoms with van der Waals surface area (Å²) in [5.74, 6) is -0.268. The first-order valence-electron chi connectivity index (χ1n) is 4.47. The number of benzene rings is 1. The highest BCUT2D eigenvalue weighted by Crippen LogP contribution is 2.22. The molecule has 16 heavy (non-hydrogen) atoms. The molecule has 0 atom stereocenters. The quantitative estimate of drug-likeness (QED) is 0.657. The Bertz CT molecular complexity index is 511. The summed E-state index contributed by atoms with van der Waals surface area (Å²) in [6.07, 6.45) is 0. The molecule has 0 spiro atoms. The average Bonchev–Trinajstić information content (AvgIpc) is 2.20. The molecule has 0 heterocycles. The predicted molar refractivity (Wildman–Crippen MR) is 61.4 cm³/mol. The molecule has 0 aliphatic heterocycles. The van der Waals surface area contributed by atoms with Crippen LogP contribution in [0.5, 0.6) is 0 Å². The molecular formula is C9H13N3O3S. The van der Waals surface area contributed by atoms with Gasteiger partial charge in [-0.3, -0.25) is 4.79 Å². The van der Waals surface area contributed by atoms with E-state index in [-0.39, 0.29) is 16.5 Å². The highest BCUT2D eigenvalue weighted by Gasteiger charge is 2.12.